The lowest BCUT2D eigenvalue weighted by atomic mass is 10.2. The molecule has 0 saturated heterocycles. The summed E-state index contributed by atoms with van der Waals surface area (Å²) in [6, 6.07) is 8.97. The van der Waals surface area contributed by atoms with Crippen LogP contribution in [0.3, 0.4) is 0 Å². The summed E-state index contributed by atoms with van der Waals surface area (Å²) in [5.41, 5.74) is 0.760. The van der Waals surface area contributed by atoms with Gasteiger partial charge in [-0.25, -0.2) is 4.98 Å². The third-order valence-electron chi connectivity index (χ3n) is 2.44. The normalized spacial score (nSPS) is 11.6. The van der Waals surface area contributed by atoms with E-state index in [1.54, 1.807) is 23.5 Å². The van der Waals surface area contributed by atoms with Crippen LogP contribution in [0.25, 0.3) is 0 Å². The molecule has 1 amide bonds. The molecule has 0 aliphatic carbocycles. The fourth-order valence-corrected chi connectivity index (χ4v) is 2.21. The largest absolute Gasteiger partial charge is 0.343 e. The third-order valence-corrected chi connectivity index (χ3v) is 3.50. The summed E-state index contributed by atoms with van der Waals surface area (Å²) in [7, 11) is 0. The Balaban J connectivity index is 2.05. The van der Waals surface area contributed by atoms with Crippen LogP contribution in [0.4, 0.5) is 0 Å². The molecule has 2 aromatic heterocycles. The fourth-order valence-electron chi connectivity index (χ4n) is 1.47. The zero-order chi connectivity index (χ0) is 13.0. The van der Waals surface area contributed by atoms with Gasteiger partial charge in [0, 0.05) is 11.1 Å². The molecule has 1 atom stereocenters. The molecular formula is C13H11N3OS. The number of nitrogens with one attached hydrogen (secondary N) is 1. The Morgan fingerprint density at radius 3 is 2.89 bits per heavy atom. The Morgan fingerprint density at radius 1 is 1.50 bits per heavy atom. The van der Waals surface area contributed by atoms with E-state index in [0.717, 1.165) is 4.88 Å². The van der Waals surface area contributed by atoms with Crippen molar-refractivity contribution >= 4 is 17.2 Å². The van der Waals surface area contributed by atoms with E-state index in [1.165, 1.54) is 6.20 Å². The molecule has 0 saturated carbocycles. The van der Waals surface area contributed by atoms with Crippen LogP contribution in [-0.4, -0.2) is 10.9 Å². The van der Waals surface area contributed by atoms with Gasteiger partial charge in [0.15, 0.2) is 0 Å². The van der Waals surface area contributed by atoms with Crippen LogP contribution < -0.4 is 5.32 Å². The number of carbonyl (C=O) groups is 1. The zero-order valence-corrected chi connectivity index (χ0v) is 10.6. The Labute approximate surface area is 109 Å². The topological polar surface area (TPSA) is 65.8 Å². The van der Waals surface area contributed by atoms with Crippen LogP contribution in [0.1, 0.15) is 33.9 Å². The first-order valence-electron chi connectivity index (χ1n) is 5.41. The Morgan fingerprint density at radius 2 is 2.33 bits per heavy atom. The second kappa shape index (κ2) is 5.43. The average Bonchev–Trinajstić information content (AvgIpc) is 2.92. The minimum absolute atomic E-state index is 0.0463. The minimum Gasteiger partial charge on any atom is -0.343 e. The van der Waals surface area contributed by atoms with Gasteiger partial charge in [-0.15, -0.1) is 11.3 Å². The average molecular weight is 257 g/mol. The van der Waals surface area contributed by atoms with Crippen molar-refractivity contribution in [1.29, 1.82) is 5.26 Å². The molecule has 0 aliphatic heterocycles. The van der Waals surface area contributed by atoms with Gasteiger partial charge < -0.3 is 5.32 Å². The number of rotatable bonds is 3. The van der Waals surface area contributed by atoms with Gasteiger partial charge in [-0.05, 0) is 30.5 Å². The van der Waals surface area contributed by atoms with E-state index in [9.17, 15) is 4.79 Å². The number of hydrogen-bond donors (Lipinski definition) is 1. The Bertz CT molecular complexity index is 569. The standard InChI is InChI=1S/C13H11N3OS/c1-9(12-3-2-6-18-12)16-13(17)11-5-4-10(7-14)8-15-11/h2-6,8-9H,1H3,(H,16,17). The first kappa shape index (κ1) is 12.3. The molecule has 4 nitrogen and oxygen atoms in total. The summed E-state index contributed by atoms with van der Waals surface area (Å²) >= 11 is 1.60. The highest BCUT2D eigenvalue weighted by Gasteiger charge is 2.12. The summed E-state index contributed by atoms with van der Waals surface area (Å²) in [5.74, 6) is -0.236. The summed E-state index contributed by atoms with van der Waals surface area (Å²) < 4.78 is 0. The van der Waals surface area contributed by atoms with Crippen LogP contribution in [-0.2, 0) is 0 Å². The quantitative estimate of drug-likeness (QED) is 0.918. The van der Waals surface area contributed by atoms with Crippen LogP contribution in [0, 0.1) is 11.3 Å². The molecule has 0 aromatic carbocycles. The highest BCUT2D eigenvalue weighted by Crippen LogP contribution is 2.18. The van der Waals surface area contributed by atoms with Gasteiger partial charge >= 0.3 is 0 Å². The summed E-state index contributed by atoms with van der Waals surface area (Å²) in [6.07, 6.45) is 1.39. The second-order valence-corrected chi connectivity index (χ2v) is 4.73. The molecule has 2 rings (SSSR count). The van der Waals surface area contributed by atoms with E-state index in [4.69, 9.17) is 5.26 Å². The molecule has 90 valence electrons. The number of aromatic nitrogens is 1. The van der Waals surface area contributed by atoms with Crippen molar-refractivity contribution in [3.8, 4) is 6.07 Å². The summed E-state index contributed by atoms with van der Waals surface area (Å²) in [6.45, 7) is 1.92. The van der Waals surface area contributed by atoms with Crippen LogP contribution in [0.15, 0.2) is 35.8 Å². The maximum Gasteiger partial charge on any atom is 0.270 e. The number of pyridine rings is 1. The highest BCUT2D eigenvalue weighted by atomic mass is 32.1. The van der Waals surface area contributed by atoms with Crippen molar-refractivity contribution in [2.75, 3.05) is 0 Å². The van der Waals surface area contributed by atoms with Gasteiger partial charge in [-0.2, -0.15) is 5.26 Å². The zero-order valence-electron chi connectivity index (χ0n) is 9.75. The van der Waals surface area contributed by atoms with Crippen molar-refractivity contribution in [2.45, 2.75) is 13.0 Å². The smallest absolute Gasteiger partial charge is 0.270 e. The van der Waals surface area contributed by atoms with Crippen LogP contribution >= 0.6 is 11.3 Å². The molecule has 1 N–H and O–H groups in total. The number of carbonyl (C=O) groups excluding carboxylic acids is 1. The van der Waals surface area contributed by atoms with Crippen molar-refractivity contribution in [3.05, 3.63) is 52.0 Å². The van der Waals surface area contributed by atoms with Crippen molar-refractivity contribution in [1.82, 2.24) is 10.3 Å². The molecule has 0 fully saturated rings. The monoisotopic (exact) mass is 257 g/mol. The Kier molecular flexibility index (Phi) is 3.70. The molecule has 2 aromatic rings. The Hall–Kier alpha value is -2.19. The van der Waals surface area contributed by atoms with Crippen LogP contribution in [0.2, 0.25) is 0 Å². The number of nitriles is 1. The number of amides is 1. The molecule has 0 bridgehead atoms. The van der Waals surface area contributed by atoms with Crippen LogP contribution in [0.5, 0.6) is 0 Å². The van der Waals surface area contributed by atoms with Crippen molar-refractivity contribution in [2.24, 2.45) is 0 Å². The molecule has 18 heavy (non-hydrogen) atoms. The van der Waals surface area contributed by atoms with E-state index in [1.807, 2.05) is 30.5 Å². The molecule has 1 unspecified atom stereocenters. The maximum atomic E-state index is 11.9. The molecule has 0 radical (unpaired) electrons. The van der Waals surface area contributed by atoms with E-state index >= 15 is 0 Å². The van der Waals surface area contributed by atoms with E-state index in [-0.39, 0.29) is 11.9 Å². The fraction of sp³-hybridized carbons (Fsp3) is 0.154. The van der Waals surface area contributed by atoms with Gasteiger partial charge in [0.25, 0.3) is 5.91 Å². The predicted molar refractivity (Wildman–Crippen MR) is 69.2 cm³/mol. The molecule has 0 spiro atoms. The maximum absolute atomic E-state index is 11.9. The SMILES string of the molecule is CC(NC(=O)c1ccc(C#N)cn1)c1cccs1. The second-order valence-electron chi connectivity index (χ2n) is 3.75. The highest BCUT2D eigenvalue weighted by molar-refractivity contribution is 7.10. The molecular weight excluding hydrogens is 246 g/mol. The lowest BCUT2D eigenvalue weighted by molar-refractivity contribution is 0.0935. The predicted octanol–water partition coefficient (Wildman–Crippen LogP) is 2.51. The van der Waals surface area contributed by atoms with E-state index < -0.39 is 0 Å². The molecule has 5 heteroatoms. The molecule has 2 heterocycles. The summed E-state index contributed by atoms with van der Waals surface area (Å²) in [5, 5.41) is 13.5. The number of hydrogen-bond acceptors (Lipinski definition) is 4. The first-order chi connectivity index (χ1) is 8.70. The first-order valence-corrected chi connectivity index (χ1v) is 6.29. The van der Waals surface area contributed by atoms with Gasteiger partial charge in [0.2, 0.25) is 0 Å². The third kappa shape index (κ3) is 2.73. The number of nitrogens with zero attached hydrogens (tertiary/aromatic N) is 2. The van der Waals surface area contributed by atoms with Crippen molar-refractivity contribution < 1.29 is 4.79 Å². The van der Waals surface area contributed by atoms with E-state index in [2.05, 4.69) is 10.3 Å². The molecule has 0 aliphatic rings. The van der Waals surface area contributed by atoms with Gasteiger partial charge in [0.05, 0.1) is 11.6 Å². The van der Waals surface area contributed by atoms with Gasteiger partial charge in [-0.3, -0.25) is 4.79 Å². The van der Waals surface area contributed by atoms with E-state index in [0.29, 0.717) is 11.3 Å². The summed E-state index contributed by atoms with van der Waals surface area (Å²) in [4.78, 5) is 16.9. The van der Waals surface area contributed by atoms with Gasteiger partial charge in [0.1, 0.15) is 11.8 Å². The number of thiophene rings is 1. The lowest BCUT2D eigenvalue weighted by Gasteiger charge is -2.11. The van der Waals surface area contributed by atoms with Crippen molar-refractivity contribution in [3.63, 3.8) is 0 Å². The van der Waals surface area contributed by atoms with Gasteiger partial charge in [-0.1, -0.05) is 6.07 Å². The lowest BCUT2D eigenvalue weighted by Crippen LogP contribution is -2.26. The minimum atomic E-state index is -0.236.